The van der Waals surface area contributed by atoms with Gasteiger partial charge >= 0.3 is 12.1 Å². The molecule has 164 valence electrons. The first kappa shape index (κ1) is 22.0. The van der Waals surface area contributed by atoms with Crippen LogP contribution in [0.25, 0.3) is 11.0 Å². The average Bonchev–Trinajstić information content (AvgIpc) is 3.02. The van der Waals surface area contributed by atoms with Crippen molar-refractivity contribution >= 4 is 23.0 Å². The van der Waals surface area contributed by atoms with Crippen molar-refractivity contribution in [3.8, 4) is 5.75 Å². The van der Waals surface area contributed by atoms with Crippen LogP contribution in [0.2, 0.25) is 0 Å². The number of hydrogen-bond donors (Lipinski definition) is 0. The largest absolute Gasteiger partial charge is 0.491 e. The Kier molecular flexibility index (Phi) is 6.55. The zero-order chi connectivity index (χ0) is 21.9. The maximum atomic E-state index is 12.3. The van der Waals surface area contributed by atoms with E-state index in [0.29, 0.717) is 36.6 Å². The summed E-state index contributed by atoms with van der Waals surface area (Å²) in [5.41, 5.74) is 0.758. The minimum absolute atomic E-state index is 0.201. The van der Waals surface area contributed by atoms with Gasteiger partial charge in [-0.25, -0.2) is 9.59 Å². The molecule has 0 N–H and O–H groups in total. The number of fused-ring (bicyclic) bond motifs is 1. The van der Waals surface area contributed by atoms with Crippen molar-refractivity contribution in [3.63, 3.8) is 0 Å². The SMILES string of the molecule is CCOC(=O)c1oc2ccc(OC[C@H]3CN(C(=O)OC(C)(C)C)CCO3)cc2c1C. The number of morpholine rings is 1. The van der Waals surface area contributed by atoms with Gasteiger partial charge < -0.3 is 28.3 Å². The van der Waals surface area contributed by atoms with Gasteiger partial charge in [-0.1, -0.05) is 0 Å². The van der Waals surface area contributed by atoms with Gasteiger partial charge in [0.05, 0.1) is 19.8 Å². The smallest absolute Gasteiger partial charge is 0.410 e. The van der Waals surface area contributed by atoms with Crippen LogP contribution in [-0.4, -0.2) is 61.6 Å². The second-order valence-corrected chi connectivity index (χ2v) is 8.16. The summed E-state index contributed by atoms with van der Waals surface area (Å²) in [6, 6.07) is 5.36. The third kappa shape index (κ3) is 5.24. The Bertz CT molecular complexity index is 912. The van der Waals surface area contributed by atoms with Crippen molar-refractivity contribution in [2.45, 2.75) is 46.3 Å². The van der Waals surface area contributed by atoms with E-state index in [1.165, 1.54) is 0 Å². The molecule has 0 aliphatic carbocycles. The van der Waals surface area contributed by atoms with Gasteiger partial charge in [0.25, 0.3) is 0 Å². The van der Waals surface area contributed by atoms with E-state index in [1.807, 2.05) is 33.8 Å². The summed E-state index contributed by atoms with van der Waals surface area (Å²) in [7, 11) is 0. The molecule has 2 aromatic rings. The first-order valence-corrected chi connectivity index (χ1v) is 10.1. The van der Waals surface area contributed by atoms with Crippen molar-refractivity contribution in [1.82, 2.24) is 4.90 Å². The summed E-state index contributed by atoms with van der Waals surface area (Å²) in [4.78, 5) is 25.9. The third-order valence-electron chi connectivity index (χ3n) is 4.59. The van der Waals surface area contributed by atoms with Crippen LogP contribution in [-0.2, 0) is 14.2 Å². The highest BCUT2D eigenvalue weighted by Gasteiger charge is 2.28. The molecule has 8 nitrogen and oxygen atoms in total. The lowest BCUT2D eigenvalue weighted by molar-refractivity contribution is -0.0557. The second kappa shape index (κ2) is 8.95. The maximum absolute atomic E-state index is 12.3. The lowest BCUT2D eigenvalue weighted by Gasteiger charge is -2.34. The Labute approximate surface area is 176 Å². The van der Waals surface area contributed by atoms with Crippen molar-refractivity contribution in [2.75, 3.05) is 32.9 Å². The topological polar surface area (TPSA) is 87.4 Å². The molecule has 8 heteroatoms. The highest BCUT2D eigenvalue weighted by atomic mass is 16.6. The number of aryl methyl sites for hydroxylation is 1. The van der Waals surface area contributed by atoms with Crippen molar-refractivity contribution in [2.24, 2.45) is 0 Å². The first-order valence-electron chi connectivity index (χ1n) is 10.1. The van der Waals surface area contributed by atoms with Crippen LogP contribution in [0.4, 0.5) is 4.79 Å². The summed E-state index contributed by atoms with van der Waals surface area (Å²) in [5.74, 6) is 0.346. The monoisotopic (exact) mass is 419 g/mol. The van der Waals surface area contributed by atoms with Gasteiger partial charge in [-0.2, -0.15) is 0 Å². The molecule has 3 rings (SSSR count). The van der Waals surface area contributed by atoms with Gasteiger partial charge in [-0.3, -0.25) is 0 Å². The van der Waals surface area contributed by atoms with E-state index in [1.54, 1.807) is 24.0 Å². The second-order valence-electron chi connectivity index (χ2n) is 8.16. The average molecular weight is 419 g/mol. The molecule has 1 saturated heterocycles. The lowest BCUT2D eigenvalue weighted by Crippen LogP contribution is -2.49. The Hall–Kier alpha value is -2.74. The number of furan rings is 1. The zero-order valence-electron chi connectivity index (χ0n) is 18.1. The fraction of sp³-hybridized carbons (Fsp3) is 0.545. The number of ether oxygens (including phenoxy) is 4. The van der Waals surface area contributed by atoms with Gasteiger partial charge in [0, 0.05) is 17.5 Å². The van der Waals surface area contributed by atoms with E-state index < -0.39 is 11.6 Å². The van der Waals surface area contributed by atoms with Crippen LogP contribution >= 0.6 is 0 Å². The van der Waals surface area contributed by atoms with Crippen molar-refractivity contribution in [1.29, 1.82) is 0 Å². The number of amides is 1. The predicted octanol–water partition coefficient (Wildman–Crippen LogP) is 3.93. The number of rotatable bonds is 5. The minimum atomic E-state index is -0.540. The van der Waals surface area contributed by atoms with Crippen molar-refractivity contribution < 1.29 is 33.0 Å². The molecule has 30 heavy (non-hydrogen) atoms. The molecule has 1 aliphatic heterocycles. The third-order valence-corrected chi connectivity index (χ3v) is 4.59. The Balaban J connectivity index is 1.63. The highest BCUT2D eigenvalue weighted by molar-refractivity contribution is 5.96. The van der Waals surface area contributed by atoms with E-state index in [4.69, 9.17) is 23.4 Å². The van der Waals surface area contributed by atoms with E-state index in [9.17, 15) is 9.59 Å². The highest BCUT2D eigenvalue weighted by Crippen LogP contribution is 2.29. The number of benzene rings is 1. The van der Waals surface area contributed by atoms with Crippen LogP contribution in [0, 0.1) is 6.92 Å². The fourth-order valence-corrected chi connectivity index (χ4v) is 3.18. The van der Waals surface area contributed by atoms with Crippen LogP contribution in [0.5, 0.6) is 5.75 Å². The van der Waals surface area contributed by atoms with Crippen LogP contribution in [0.15, 0.2) is 22.6 Å². The van der Waals surface area contributed by atoms with Crippen LogP contribution in [0.3, 0.4) is 0 Å². The molecule has 0 unspecified atom stereocenters. The number of hydrogen-bond acceptors (Lipinski definition) is 7. The summed E-state index contributed by atoms with van der Waals surface area (Å²) >= 11 is 0. The summed E-state index contributed by atoms with van der Waals surface area (Å²) in [6.07, 6.45) is -0.611. The molecule has 1 atom stereocenters. The number of nitrogens with zero attached hydrogens (tertiary/aromatic N) is 1. The van der Waals surface area contributed by atoms with E-state index in [2.05, 4.69) is 0 Å². The van der Waals surface area contributed by atoms with E-state index in [0.717, 1.165) is 5.39 Å². The molecule has 1 amide bonds. The van der Waals surface area contributed by atoms with Crippen molar-refractivity contribution in [3.05, 3.63) is 29.5 Å². The lowest BCUT2D eigenvalue weighted by atomic mass is 10.1. The number of carbonyl (C=O) groups is 2. The molecule has 0 radical (unpaired) electrons. The molecule has 1 aliphatic rings. The Morgan fingerprint density at radius 2 is 2.03 bits per heavy atom. The molecule has 0 spiro atoms. The first-order chi connectivity index (χ1) is 14.2. The van der Waals surface area contributed by atoms with Gasteiger partial charge in [-0.05, 0) is 52.8 Å². The summed E-state index contributed by atoms with van der Waals surface area (Å²) in [5, 5.41) is 0.787. The van der Waals surface area contributed by atoms with Crippen LogP contribution in [0.1, 0.15) is 43.8 Å². The molecule has 0 bridgehead atoms. The van der Waals surface area contributed by atoms with E-state index in [-0.39, 0.29) is 31.2 Å². The Morgan fingerprint density at radius 1 is 1.27 bits per heavy atom. The summed E-state index contributed by atoms with van der Waals surface area (Å²) in [6.45, 7) is 11.0. The van der Waals surface area contributed by atoms with E-state index >= 15 is 0 Å². The number of carbonyl (C=O) groups excluding carboxylic acids is 2. The molecule has 0 saturated carbocycles. The molecule has 2 heterocycles. The minimum Gasteiger partial charge on any atom is -0.491 e. The molecule has 1 fully saturated rings. The molecule has 1 aromatic heterocycles. The van der Waals surface area contributed by atoms with Crippen LogP contribution < -0.4 is 4.74 Å². The predicted molar refractivity (Wildman–Crippen MR) is 110 cm³/mol. The van der Waals surface area contributed by atoms with Gasteiger partial charge in [-0.15, -0.1) is 0 Å². The quantitative estimate of drug-likeness (QED) is 0.679. The fourth-order valence-electron chi connectivity index (χ4n) is 3.18. The van der Waals surface area contributed by atoms with Gasteiger partial charge in [0.1, 0.15) is 29.6 Å². The maximum Gasteiger partial charge on any atom is 0.410 e. The zero-order valence-corrected chi connectivity index (χ0v) is 18.1. The molecule has 1 aromatic carbocycles. The van der Waals surface area contributed by atoms with Gasteiger partial charge in [0.15, 0.2) is 0 Å². The van der Waals surface area contributed by atoms with Gasteiger partial charge in [0.2, 0.25) is 5.76 Å². The molecular weight excluding hydrogens is 390 g/mol. The Morgan fingerprint density at radius 3 is 2.73 bits per heavy atom. The summed E-state index contributed by atoms with van der Waals surface area (Å²) < 4.78 is 27.7. The normalized spacial score (nSPS) is 17.1. The standard InChI is InChI=1S/C22H29NO7/c1-6-26-20(24)19-14(2)17-11-15(7-8-18(17)29-19)28-13-16-12-23(9-10-27-16)21(25)30-22(3,4)5/h7-8,11,16H,6,9-10,12-13H2,1-5H3/t16-/m1/s1. The number of esters is 1. The molecular formula is C22H29NO7.